The van der Waals surface area contributed by atoms with Crippen LogP contribution in [0.3, 0.4) is 0 Å². The van der Waals surface area contributed by atoms with E-state index in [0.717, 1.165) is 47.2 Å². The Morgan fingerprint density at radius 1 is 0.710 bits per heavy atom. The van der Waals surface area contributed by atoms with Crippen LogP contribution in [0.5, 0.6) is 11.5 Å². The minimum absolute atomic E-state index is 0.783. The SMILES string of the molecule is CCCCCCCCOc1ccc(N(c2ccccc2)c2ccc(OC)cc2C)cc1. The molecule has 0 spiro atoms. The second-order valence-corrected chi connectivity index (χ2v) is 7.93. The zero-order valence-electron chi connectivity index (χ0n) is 19.1. The van der Waals surface area contributed by atoms with Gasteiger partial charge in [0.1, 0.15) is 11.5 Å². The highest BCUT2D eigenvalue weighted by molar-refractivity contribution is 5.78. The van der Waals surface area contributed by atoms with Gasteiger partial charge < -0.3 is 14.4 Å². The van der Waals surface area contributed by atoms with Gasteiger partial charge in [-0.15, -0.1) is 0 Å². The first-order valence-electron chi connectivity index (χ1n) is 11.5. The molecule has 3 aromatic carbocycles. The van der Waals surface area contributed by atoms with Crippen molar-refractivity contribution < 1.29 is 9.47 Å². The summed E-state index contributed by atoms with van der Waals surface area (Å²) in [5.41, 5.74) is 4.52. The summed E-state index contributed by atoms with van der Waals surface area (Å²) in [6, 6.07) is 25.0. The third-order valence-electron chi connectivity index (χ3n) is 5.52. The smallest absolute Gasteiger partial charge is 0.119 e. The van der Waals surface area contributed by atoms with Crippen LogP contribution in [0.2, 0.25) is 0 Å². The number of hydrogen-bond acceptors (Lipinski definition) is 3. The Morgan fingerprint density at radius 3 is 2.03 bits per heavy atom. The standard InChI is InChI=1S/C28H35NO2/c1-4-5-6-7-8-12-21-31-26-17-15-25(16-18-26)29(24-13-10-9-11-14-24)28-20-19-27(30-3)22-23(28)2/h9-11,13-20,22H,4-8,12,21H2,1-3H3. The molecule has 0 fully saturated rings. The van der Waals surface area contributed by atoms with Crippen molar-refractivity contribution in [1.29, 1.82) is 0 Å². The Labute approximate surface area is 187 Å². The zero-order chi connectivity index (χ0) is 21.9. The molecule has 164 valence electrons. The van der Waals surface area contributed by atoms with Gasteiger partial charge in [-0.3, -0.25) is 0 Å². The summed E-state index contributed by atoms with van der Waals surface area (Å²) < 4.78 is 11.4. The van der Waals surface area contributed by atoms with E-state index in [2.05, 4.69) is 79.4 Å². The van der Waals surface area contributed by atoms with Crippen LogP contribution in [0.4, 0.5) is 17.1 Å². The van der Waals surface area contributed by atoms with Gasteiger partial charge >= 0.3 is 0 Å². The van der Waals surface area contributed by atoms with Crippen molar-refractivity contribution in [2.24, 2.45) is 0 Å². The van der Waals surface area contributed by atoms with Gasteiger partial charge in [0.25, 0.3) is 0 Å². The van der Waals surface area contributed by atoms with Crippen molar-refractivity contribution in [1.82, 2.24) is 0 Å². The Bertz CT molecular complexity index is 906. The van der Waals surface area contributed by atoms with Gasteiger partial charge in [0.2, 0.25) is 0 Å². The molecule has 0 saturated carbocycles. The van der Waals surface area contributed by atoms with Crippen LogP contribution in [-0.2, 0) is 0 Å². The number of hydrogen-bond donors (Lipinski definition) is 0. The van der Waals surface area contributed by atoms with Crippen molar-refractivity contribution >= 4 is 17.1 Å². The first-order valence-corrected chi connectivity index (χ1v) is 11.5. The van der Waals surface area contributed by atoms with E-state index in [9.17, 15) is 0 Å². The molecule has 0 radical (unpaired) electrons. The molecular formula is C28H35NO2. The summed E-state index contributed by atoms with van der Waals surface area (Å²) in [7, 11) is 1.70. The van der Waals surface area contributed by atoms with E-state index >= 15 is 0 Å². The third kappa shape index (κ3) is 6.52. The van der Waals surface area contributed by atoms with Crippen molar-refractivity contribution in [2.75, 3.05) is 18.6 Å². The molecule has 0 saturated heterocycles. The highest BCUT2D eigenvalue weighted by atomic mass is 16.5. The Hall–Kier alpha value is -2.94. The lowest BCUT2D eigenvalue weighted by atomic mass is 10.1. The summed E-state index contributed by atoms with van der Waals surface area (Å²) >= 11 is 0. The lowest BCUT2D eigenvalue weighted by Gasteiger charge is -2.27. The maximum Gasteiger partial charge on any atom is 0.119 e. The zero-order valence-corrected chi connectivity index (χ0v) is 19.1. The number of anilines is 3. The summed E-state index contributed by atoms with van der Waals surface area (Å²) in [5, 5.41) is 0. The lowest BCUT2D eigenvalue weighted by molar-refractivity contribution is 0.304. The lowest BCUT2D eigenvalue weighted by Crippen LogP contribution is -2.11. The summed E-state index contributed by atoms with van der Waals surface area (Å²) in [5.74, 6) is 1.80. The molecule has 0 heterocycles. The number of nitrogens with zero attached hydrogens (tertiary/aromatic N) is 1. The molecule has 3 rings (SSSR count). The molecule has 3 nitrogen and oxygen atoms in total. The molecule has 0 aliphatic carbocycles. The molecular weight excluding hydrogens is 382 g/mol. The van der Waals surface area contributed by atoms with Gasteiger partial charge in [-0.05, 0) is 73.5 Å². The van der Waals surface area contributed by atoms with E-state index < -0.39 is 0 Å². The second kappa shape index (κ2) is 12.0. The third-order valence-corrected chi connectivity index (χ3v) is 5.52. The van der Waals surface area contributed by atoms with Gasteiger partial charge in [0.15, 0.2) is 0 Å². The number of methoxy groups -OCH3 is 1. The van der Waals surface area contributed by atoms with Crippen molar-refractivity contribution in [3.8, 4) is 11.5 Å². The van der Waals surface area contributed by atoms with E-state index in [0.29, 0.717) is 0 Å². The molecule has 3 aromatic rings. The second-order valence-electron chi connectivity index (χ2n) is 7.93. The Balaban J connectivity index is 1.72. The normalized spacial score (nSPS) is 10.7. The largest absolute Gasteiger partial charge is 0.497 e. The number of rotatable bonds is 12. The van der Waals surface area contributed by atoms with E-state index in [4.69, 9.17) is 9.47 Å². The molecule has 0 aromatic heterocycles. The van der Waals surface area contributed by atoms with Crippen LogP contribution >= 0.6 is 0 Å². The van der Waals surface area contributed by atoms with Crippen molar-refractivity contribution in [3.63, 3.8) is 0 Å². The molecule has 0 atom stereocenters. The number of aryl methyl sites for hydroxylation is 1. The van der Waals surface area contributed by atoms with E-state index in [1.165, 1.54) is 32.1 Å². The van der Waals surface area contributed by atoms with Gasteiger partial charge in [-0.25, -0.2) is 0 Å². The summed E-state index contributed by atoms with van der Waals surface area (Å²) in [6.45, 7) is 5.15. The molecule has 0 amide bonds. The van der Waals surface area contributed by atoms with E-state index in [-0.39, 0.29) is 0 Å². The minimum atomic E-state index is 0.783. The summed E-state index contributed by atoms with van der Waals surface area (Å²) in [4.78, 5) is 2.27. The van der Waals surface area contributed by atoms with Gasteiger partial charge in [0.05, 0.1) is 13.7 Å². The number of benzene rings is 3. The van der Waals surface area contributed by atoms with Gasteiger partial charge in [-0.1, -0.05) is 57.2 Å². The fourth-order valence-corrected chi connectivity index (χ4v) is 3.77. The fraction of sp³-hybridized carbons (Fsp3) is 0.357. The number of para-hydroxylation sites is 1. The number of unbranched alkanes of at least 4 members (excludes halogenated alkanes) is 5. The Kier molecular flexibility index (Phi) is 8.84. The topological polar surface area (TPSA) is 21.7 Å². The summed E-state index contributed by atoms with van der Waals surface area (Å²) in [6.07, 6.45) is 7.64. The van der Waals surface area contributed by atoms with Gasteiger partial charge in [-0.2, -0.15) is 0 Å². The first kappa shape index (κ1) is 22.7. The van der Waals surface area contributed by atoms with Crippen LogP contribution in [0.25, 0.3) is 0 Å². The average molecular weight is 418 g/mol. The fourth-order valence-electron chi connectivity index (χ4n) is 3.77. The van der Waals surface area contributed by atoms with Crippen LogP contribution in [0.1, 0.15) is 51.0 Å². The molecule has 0 aliphatic heterocycles. The first-order chi connectivity index (χ1) is 15.2. The van der Waals surface area contributed by atoms with E-state index in [1.54, 1.807) is 7.11 Å². The molecule has 0 N–H and O–H groups in total. The molecule has 31 heavy (non-hydrogen) atoms. The number of ether oxygens (including phenoxy) is 2. The van der Waals surface area contributed by atoms with E-state index in [1.807, 2.05) is 12.1 Å². The molecule has 0 bridgehead atoms. The highest BCUT2D eigenvalue weighted by Gasteiger charge is 2.15. The average Bonchev–Trinajstić information content (AvgIpc) is 2.81. The van der Waals surface area contributed by atoms with Crippen LogP contribution in [0, 0.1) is 6.92 Å². The van der Waals surface area contributed by atoms with Crippen molar-refractivity contribution in [3.05, 3.63) is 78.4 Å². The monoisotopic (exact) mass is 417 g/mol. The van der Waals surface area contributed by atoms with Crippen LogP contribution < -0.4 is 14.4 Å². The van der Waals surface area contributed by atoms with Gasteiger partial charge in [0, 0.05) is 17.1 Å². The maximum absolute atomic E-state index is 5.98. The highest BCUT2D eigenvalue weighted by Crippen LogP contribution is 2.38. The predicted octanol–water partition coefficient (Wildman–Crippen LogP) is 8.21. The quantitative estimate of drug-likeness (QED) is 0.277. The predicted molar refractivity (Wildman–Crippen MR) is 131 cm³/mol. The molecule has 0 unspecified atom stereocenters. The minimum Gasteiger partial charge on any atom is -0.497 e. The molecule has 3 heteroatoms. The maximum atomic E-state index is 5.98. The van der Waals surface area contributed by atoms with Crippen molar-refractivity contribution in [2.45, 2.75) is 52.4 Å². The van der Waals surface area contributed by atoms with Crippen LogP contribution in [-0.4, -0.2) is 13.7 Å². The molecule has 0 aliphatic rings. The van der Waals surface area contributed by atoms with Crippen LogP contribution in [0.15, 0.2) is 72.8 Å². The Morgan fingerprint density at radius 2 is 1.35 bits per heavy atom.